The lowest BCUT2D eigenvalue weighted by Gasteiger charge is -2.14. The molecule has 0 spiro atoms. The highest BCUT2D eigenvalue weighted by atomic mass is 19.1. The van der Waals surface area contributed by atoms with E-state index in [1.54, 1.807) is 12.1 Å². The van der Waals surface area contributed by atoms with E-state index in [9.17, 15) is 4.39 Å². The van der Waals surface area contributed by atoms with Gasteiger partial charge >= 0.3 is 0 Å². The number of para-hydroxylation sites is 1. The highest BCUT2D eigenvalue weighted by Gasteiger charge is 2.20. The largest absolute Gasteiger partial charge is 0.344 e. The van der Waals surface area contributed by atoms with Crippen molar-refractivity contribution in [1.29, 1.82) is 0 Å². The zero-order valence-electron chi connectivity index (χ0n) is 14.1. The molecule has 3 heteroatoms. The van der Waals surface area contributed by atoms with Crippen LogP contribution in [0.4, 0.5) is 4.39 Å². The number of hydrogen-bond donors (Lipinski definition) is 0. The van der Waals surface area contributed by atoms with Crippen molar-refractivity contribution in [3.63, 3.8) is 0 Å². The lowest BCUT2D eigenvalue weighted by Crippen LogP contribution is -2.21. The summed E-state index contributed by atoms with van der Waals surface area (Å²) in [6, 6.07) is 15.8. The number of halogens is 1. The number of aromatic nitrogens is 1. The van der Waals surface area contributed by atoms with Gasteiger partial charge in [0, 0.05) is 42.7 Å². The maximum Gasteiger partial charge on any atom is 0.126 e. The molecule has 3 aromatic rings. The summed E-state index contributed by atoms with van der Waals surface area (Å²) in [5.74, 6) is -0.0974. The molecule has 4 rings (SSSR count). The Morgan fingerprint density at radius 1 is 0.958 bits per heavy atom. The van der Waals surface area contributed by atoms with Gasteiger partial charge in [0.1, 0.15) is 5.82 Å². The van der Waals surface area contributed by atoms with Crippen molar-refractivity contribution in [3.05, 3.63) is 71.2 Å². The van der Waals surface area contributed by atoms with Crippen LogP contribution in [0.15, 0.2) is 48.5 Å². The molecule has 0 amide bonds. The van der Waals surface area contributed by atoms with Gasteiger partial charge in [-0.15, -0.1) is 0 Å². The van der Waals surface area contributed by atoms with Gasteiger partial charge in [0.05, 0.1) is 0 Å². The molecule has 0 atom stereocenters. The fourth-order valence-electron chi connectivity index (χ4n) is 3.89. The van der Waals surface area contributed by atoms with Crippen molar-refractivity contribution >= 4 is 10.9 Å². The van der Waals surface area contributed by atoms with Gasteiger partial charge in [-0.1, -0.05) is 36.4 Å². The van der Waals surface area contributed by atoms with E-state index < -0.39 is 0 Å². The maximum absolute atomic E-state index is 14.0. The first-order valence-corrected chi connectivity index (χ1v) is 8.75. The Balaban J connectivity index is 1.73. The van der Waals surface area contributed by atoms with Crippen molar-refractivity contribution < 1.29 is 4.39 Å². The van der Waals surface area contributed by atoms with E-state index in [0.717, 1.165) is 44.5 Å². The first kappa shape index (κ1) is 15.4. The first-order valence-electron chi connectivity index (χ1n) is 8.75. The van der Waals surface area contributed by atoms with Crippen LogP contribution in [0.5, 0.6) is 0 Å². The number of nitrogens with zero attached hydrogens (tertiary/aromatic N) is 2. The molecule has 1 aliphatic heterocycles. The molecule has 2 aromatic carbocycles. The average Bonchev–Trinajstić information content (AvgIpc) is 2.76. The molecule has 1 aromatic heterocycles. The van der Waals surface area contributed by atoms with Crippen LogP contribution in [0.2, 0.25) is 0 Å². The van der Waals surface area contributed by atoms with Crippen molar-refractivity contribution in [3.8, 4) is 0 Å². The summed E-state index contributed by atoms with van der Waals surface area (Å²) in [5, 5.41) is 1.37. The van der Waals surface area contributed by atoms with Gasteiger partial charge in [-0.05, 0) is 43.1 Å². The zero-order valence-corrected chi connectivity index (χ0v) is 14.1. The predicted octanol–water partition coefficient (Wildman–Crippen LogP) is 4.05. The van der Waals surface area contributed by atoms with Gasteiger partial charge in [-0.2, -0.15) is 0 Å². The number of likely N-dealkylation sites (N-methyl/N-ethyl adjacent to an activating group) is 1. The molecule has 0 saturated heterocycles. The Bertz CT molecular complexity index is 865. The van der Waals surface area contributed by atoms with Crippen LogP contribution < -0.4 is 0 Å². The summed E-state index contributed by atoms with van der Waals surface area (Å²) in [4.78, 5) is 2.40. The van der Waals surface area contributed by atoms with Crippen LogP contribution >= 0.6 is 0 Å². The second-order valence-electron chi connectivity index (χ2n) is 6.74. The van der Waals surface area contributed by atoms with E-state index in [2.05, 4.69) is 40.8 Å². The van der Waals surface area contributed by atoms with E-state index in [-0.39, 0.29) is 5.82 Å². The van der Waals surface area contributed by atoms with Gasteiger partial charge in [0.15, 0.2) is 0 Å². The highest BCUT2D eigenvalue weighted by Crippen LogP contribution is 2.29. The Morgan fingerprint density at radius 3 is 2.58 bits per heavy atom. The minimum absolute atomic E-state index is 0.0974. The van der Waals surface area contributed by atoms with Gasteiger partial charge in [0.2, 0.25) is 0 Å². The summed E-state index contributed by atoms with van der Waals surface area (Å²) in [5.41, 5.74) is 5.03. The van der Waals surface area contributed by atoms with E-state index in [4.69, 9.17) is 0 Å². The Hall–Kier alpha value is -2.13. The number of aryl methyl sites for hydroxylation is 2. The quantitative estimate of drug-likeness (QED) is 0.706. The van der Waals surface area contributed by atoms with E-state index >= 15 is 0 Å². The van der Waals surface area contributed by atoms with Crippen molar-refractivity contribution in [2.75, 3.05) is 20.1 Å². The normalized spacial score (nSPS) is 15.4. The van der Waals surface area contributed by atoms with Crippen LogP contribution in [0.1, 0.15) is 16.8 Å². The molecule has 2 heterocycles. The smallest absolute Gasteiger partial charge is 0.126 e. The summed E-state index contributed by atoms with van der Waals surface area (Å²) in [7, 11) is 2.19. The molecule has 0 unspecified atom stereocenters. The third-order valence-electron chi connectivity index (χ3n) is 5.23. The molecule has 0 radical (unpaired) electrons. The van der Waals surface area contributed by atoms with E-state index in [0.29, 0.717) is 0 Å². The Kier molecular flexibility index (Phi) is 4.11. The van der Waals surface area contributed by atoms with E-state index in [1.165, 1.54) is 22.2 Å². The van der Waals surface area contributed by atoms with Gasteiger partial charge in [-0.3, -0.25) is 0 Å². The Labute approximate surface area is 142 Å². The van der Waals surface area contributed by atoms with Crippen LogP contribution in [-0.2, 0) is 25.8 Å². The number of hydrogen-bond acceptors (Lipinski definition) is 1. The van der Waals surface area contributed by atoms with Crippen molar-refractivity contribution in [1.82, 2.24) is 9.47 Å². The monoisotopic (exact) mass is 322 g/mol. The molecule has 0 saturated carbocycles. The zero-order chi connectivity index (χ0) is 16.5. The third-order valence-corrected chi connectivity index (χ3v) is 5.23. The average molecular weight is 322 g/mol. The fraction of sp³-hybridized carbons (Fsp3) is 0.333. The molecule has 0 N–H and O–H groups in total. The summed E-state index contributed by atoms with van der Waals surface area (Å²) >= 11 is 0. The first-order chi connectivity index (χ1) is 11.7. The van der Waals surface area contributed by atoms with Crippen LogP contribution in [0, 0.1) is 5.82 Å². The minimum atomic E-state index is -0.0974. The van der Waals surface area contributed by atoms with Crippen LogP contribution in [0.25, 0.3) is 10.9 Å². The molecule has 124 valence electrons. The molecule has 24 heavy (non-hydrogen) atoms. The maximum atomic E-state index is 14.0. The lowest BCUT2D eigenvalue weighted by molar-refractivity contribution is 0.350. The SMILES string of the molecule is CN1CCc2c(n(CCc3ccccc3F)c3ccccc23)CC1. The fourth-order valence-corrected chi connectivity index (χ4v) is 3.89. The predicted molar refractivity (Wildman–Crippen MR) is 96.9 cm³/mol. The molecule has 0 bridgehead atoms. The van der Waals surface area contributed by atoms with Gasteiger partial charge < -0.3 is 9.47 Å². The van der Waals surface area contributed by atoms with E-state index in [1.807, 2.05) is 12.1 Å². The number of fused-ring (bicyclic) bond motifs is 3. The Morgan fingerprint density at radius 2 is 1.71 bits per heavy atom. The van der Waals surface area contributed by atoms with Gasteiger partial charge in [-0.25, -0.2) is 4.39 Å². The number of benzene rings is 2. The summed E-state index contributed by atoms with van der Waals surface area (Å²) in [6.07, 6.45) is 2.89. The molecule has 0 fully saturated rings. The topological polar surface area (TPSA) is 8.17 Å². The third kappa shape index (κ3) is 2.73. The second-order valence-corrected chi connectivity index (χ2v) is 6.74. The lowest BCUT2D eigenvalue weighted by atomic mass is 10.1. The van der Waals surface area contributed by atoms with Crippen molar-refractivity contribution in [2.45, 2.75) is 25.8 Å². The molecular formula is C21H23FN2. The molecule has 0 aliphatic carbocycles. The standard InChI is InChI=1S/C21H23FN2/c1-23-13-11-18-17-7-3-5-9-20(17)24(21(18)12-14-23)15-10-16-6-2-4-8-19(16)22/h2-9H,10-15H2,1H3. The summed E-state index contributed by atoms with van der Waals surface area (Å²) < 4.78 is 16.4. The molecular weight excluding hydrogens is 299 g/mol. The number of rotatable bonds is 3. The van der Waals surface area contributed by atoms with Crippen LogP contribution in [0.3, 0.4) is 0 Å². The summed E-state index contributed by atoms with van der Waals surface area (Å²) in [6.45, 7) is 3.03. The second kappa shape index (κ2) is 6.40. The highest BCUT2D eigenvalue weighted by molar-refractivity contribution is 5.85. The minimum Gasteiger partial charge on any atom is -0.344 e. The van der Waals surface area contributed by atoms with Crippen LogP contribution in [-0.4, -0.2) is 29.6 Å². The molecule has 1 aliphatic rings. The molecule has 2 nitrogen and oxygen atoms in total. The van der Waals surface area contributed by atoms with Crippen molar-refractivity contribution in [2.24, 2.45) is 0 Å². The van der Waals surface area contributed by atoms with Gasteiger partial charge in [0.25, 0.3) is 0 Å².